The summed E-state index contributed by atoms with van der Waals surface area (Å²) in [6, 6.07) is 0. The number of Topliss-reactive ketones (excluding diaryl/α,β-unsaturated/α-hetero) is 1. The average Bonchev–Trinajstić information content (AvgIpc) is 2.50. The molecule has 0 unspecified atom stereocenters. The number of hydrogen-bond acceptors (Lipinski definition) is 4. The van der Waals surface area contributed by atoms with Crippen LogP contribution >= 0.6 is 23.1 Å². The largest absolute Gasteiger partial charge is 0.298 e. The zero-order chi connectivity index (χ0) is 11.3. The molecule has 0 spiro atoms. The van der Waals surface area contributed by atoms with Gasteiger partial charge in [0.2, 0.25) is 0 Å². The SMILES string of the molecule is Cc1nc(CC(=O)CSCC(C)C)cs1. The molecule has 84 valence electrons. The number of rotatable bonds is 6. The topological polar surface area (TPSA) is 30.0 Å². The molecular weight excluding hydrogens is 226 g/mol. The monoisotopic (exact) mass is 243 g/mol. The second-order valence-electron chi connectivity index (χ2n) is 3.98. The van der Waals surface area contributed by atoms with Crippen LogP contribution in [0.3, 0.4) is 0 Å². The van der Waals surface area contributed by atoms with Crippen LogP contribution in [0.1, 0.15) is 24.5 Å². The highest BCUT2D eigenvalue weighted by atomic mass is 32.2. The molecule has 1 heterocycles. The maximum atomic E-state index is 11.5. The summed E-state index contributed by atoms with van der Waals surface area (Å²) >= 11 is 3.33. The molecule has 4 heteroatoms. The summed E-state index contributed by atoms with van der Waals surface area (Å²) in [7, 11) is 0. The number of thioether (sulfide) groups is 1. The molecule has 0 aromatic carbocycles. The van der Waals surface area contributed by atoms with Crippen molar-refractivity contribution in [3.8, 4) is 0 Å². The van der Waals surface area contributed by atoms with E-state index in [0.717, 1.165) is 16.5 Å². The van der Waals surface area contributed by atoms with Gasteiger partial charge in [-0.25, -0.2) is 4.98 Å². The molecule has 2 nitrogen and oxygen atoms in total. The van der Waals surface area contributed by atoms with E-state index in [9.17, 15) is 4.79 Å². The van der Waals surface area contributed by atoms with Crippen LogP contribution in [0.5, 0.6) is 0 Å². The molecule has 0 saturated heterocycles. The third kappa shape index (κ3) is 5.33. The lowest BCUT2D eigenvalue weighted by Gasteiger charge is -2.02. The van der Waals surface area contributed by atoms with Gasteiger partial charge in [0.1, 0.15) is 5.78 Å². The summed E-state index contributed by atoms with van der Waals surface area (Å²) in [5.74, 6) is 2.62. The first-order valence-electron chi connectivity index (χ1n) is 5.08. The number of nitrogens with zero attached hydrogens (tertiary/aromatic N) is 1. The van der Waals surface area contributed by atoms with Gasteiger partial charge in [0.25, 0.3) is 0 Å². The zero-order valence-corrected chi connectivity index (χ0v) is 11.1. The number of thiazole rings is 1. The number of ketones is 1. The van der Waals surface area contributed by atoms with Gasteiger partial charge in [-0.1, -0.05) is 13.8 Å². The fraction of sp³-hybridized carbons (Fsp3) is 0.636. The molecule has 15 heavy (non-hydrogen) atoms. The summed E-state index contributed by atoms with van der Waals surface area (Å²) < 4.78 is 0. The number of hydrogen-bond donors (Lipinski definition) is 0. The van der Waals surface area contributed by atoms with Crippen LogP contribution in [-0.2, 0) is 11.2 Å². The van der Waals surface area contributed by atoms with Crippen molar-refractivity contribution in [2.45, 2.75) is 27.2 Å². The predicted octanol–water partition coefficient (Wildman–Crippen LogP) is 2.95. The van der Waals surface area contributed by atoms with E-state index in [2.05, 4.69) is 18.8 Å². The minimum atomic E-state index is 0.283. The van der Waals surface area contributed by atoms with Gasteiger partial charge in [0.15, 0.2) is 0 Å². The van der Waals surface area contributed by atoms with Crippen molar-refractivity contribution < 1.29 is 4.79 Å². The molecular formula is C11H17NOS2. The first-order chi connectivity index (χ1) is 7.08. The van der Waals surface area contributed by atoms with Crippen LogP contribution in [0.15, 0.2) is 5.38 Å². The summed E-state index contributed by atoms with van der Waals surface area (Å²) in [5, 5.41) is 3.01. The van der Waals surface area contributed by atoms with Crippen molar-refractivity contribution >= 4 is 28.9 Å². The molecule has 0 atom stereocenters. The van der Waals surface area contributed by atoms with Gasteiger partial charge in [-0.15, -0.1) is 11.3 Å². The number of carbonyl (C=O) groups excluding carboxylic acids is 1. The van der Waals surface area contributed by atoms with Gasteiger partial charge >= 0.3 is 0 Å². The molecule has 0 radical (unpaired) electrons. The van der Waals surface area contributed by atoms with E-state index in [1.807, 2.05) is 12.3 Å². The summed E-state index contributed by atoms with van der Waals surface area (Å²) in [4.78, 5) is 15.8. The van der Waals surface area contributed by atoms with Crippen LogP contribution < -0.4 is 0 Å². The fourth-order valence-corrected chi connectivity index (χ4v) is 2.68. The molecule has 0 aliphatic heterocycles. The molecule has 0 N–H and O–H groups in total. The molecule has 0 aliphatic rings. The van der Waals surface area contributed by atoms with E-state index in [-0.39, 0.29) is 5.78 Å². The summed E-state index contributed by atoms with van der Waals surface area (Å²) in [6.07, 6.45) is 0.495. The molecule has 0 amide bonds. The molecule has 0 saturated carbocycles. The summed E-state index contributed by atoms with van der Waals surface area (Å²) in [5.41, 5.74) is 0.924. The molecule has 0 fully saturated rings. The lowest BCUT2D eigenvalue weighted by Crippen LogP contribution is -2.07. The van der Waals surface area contributed by atoms with Crippen molar-refractivity contribution in [1.29, 1.82) is 0 Å². The number of aryl methyl sites for hydroxylation is 1. The minimum Gasteiger partial charge on any atom is -0.298 e. The highest BCUT2D eigenvalue weighted by Gasteiger charge is 2.07. The average molecular weight is 243 g/mol. The number of carbonyl (C=O) groups is 1. The highest BCUT2D eigenvalue weighted by Crippen LogP contribution is 2.11. The van der Waals surface area contributed by atoms with Gasteiger partial charge in [-0.05, 0) is 18.6 Å². The third-order valence-corrected chi connectivity index (χ3v) is 4.01. The molecule has 1 aromatic rings. The molecule has 0 bridgehead atoms. The van der Waals surface area contributed by atoms with E-state index < -0.39 is 0 Å². The third-order valence-electron chi connectivity index (χ3n) is 1.76. The smallest absolute Gasteiger partial charge is 0.148 e. The molecule has 1 aromatic heterocycles. The van der Waals surface area contributed by atoms with Gasteiger partial charge in [-0.2, -0.15) is 11.8 Å². The first kappa shape index (κ1) is 12.7. The van der Waals surface area contributed by atoms with Crippen LogP contribution in [0.4, 0.5) is 0 Å². The van der Waals surface area contributed by atoms with Gasteiger partial charge in [-0.3, -0.25) is 4.79 Å². The van der Waals surface area contributed by atoms with Gasteiger partial charge < -0.3 is 0 Å². The van der Waals surface area contributed by atoms with Crippen LogP contribution in [0.2, 0.25) is 0 Å². The Kier molecular flexibility index (Phi) is 5.32. The van der Waals surface area contributed by atoms with Gasteiger partial charge in [0, 0.05) is 5.38 Å². The summed E-state index contributed by atoms with van der Waals surface area (Å²) in [6.45, 7) is 6.30. The van der Waals surface area contributed by atoms with Crippen molar-refractivity contribution in [2.75, 3.05) is 11.5 Å². The zero-order valence-electron chi connectivity index (χ0n) is 9.45. The van der Waals surface area contributed by atoms with Crippen molar-refractivity contribution in [3.05, 3.63) is 16.1 Å². The van der Waals surface area contributed by atoms with Gasteiger partial charge in [0.05, 0.1) is 22.9 Å². The second-order valence-corrected chi connectivity index (χ2v) is 6.07. The maximum absolute atomic E-state index is 11.5. The Hall–Kier alpha value is -0.350. The Morgan fingerprint density at radius 1 is 1.60 bits per heavy atom. The molecule has 1 rings (SSSR count). The predicted molar refractivity (Wildman–Crippen MR) is 67.7 cm³/mol. The Morgan fingerprint density at radius 2 is 2.33 bits per heavy atom. The Bertz CT molecular complexity index is 320. The van der Waals surface area contributed by atoms with Crippen LogP contribution in [-0.4, -0.2) is 22.3 Å². The fourth-order valence-electron chi connectivity index (χ4n) is 1.15. The quantitative estimate of drug-likeness (QED) is 0.769. The van der Waals surface area contributed by atoms with Crippen molar-refractivity contribution in [2.24, 2.45) is 5.92 Å². The number of aromatic nitrogens is 1. The Labute approximate surface area is 99.5 Å². The Morgan fingerprint density at radius 3 is 2.87 bits per heavy atom. The second kappa shape index (κ2) is 6.28. The minimum absolute atomic E-state index is 0.283. The first-order valence-corrected chi connectivity index (χ1v) is 7.12. The standard InChI is InChI=1S/C11H17NOS2/c1-8(2)5-14-7-11(13)4-10-6-15-9(3)12-10/h6,8H,4-5,7H2,1-3H3. The van der Waals surface area contributed by atoms with Crippen LogP contribution in [0.25, 0.3) is 0 Å². The van der Waals surface area contributed by atoms with E-state index >= 15 is 0 Å². The van der Waals surface area contributed by atoms with E-state index in [0.29, 0.717) is 18.1 Å². The Balaban J connectivity index is 2.24. The highest BCUT2D eigenvalue weighted by molar-refractivity contribution is 7.99. The maximum Gasteiger partial charge on any atom is 0.148 e. The normalized spacial score (nSPS) is 10.9. The lowest BCUT2D eigenvalue weighted by atomic mass is 10.2. The van der Waals surface area contributed by atoms with Crippen molar-refractivity contribution in [3.63, 3.8) is 0 Å². The van der Waals surface area contributed by atoms with E-state index in [1.54, 1.807) is 23.1 Å². The van der Waals surface area contributed by atoms with Crippen LogP contribution in [0, 0.1) is 12.8 Å². The van der Waals surface area contributed by atoms with E-state index in [4.69, 9.17) is 0 Å². The lowest BCUT2D eigenvalue weighted by molar-refractivity contribution is -0.116. The molecule has 0 aliphatic carbocycles. The van der Waals surface area contributed by atoms with Crippen molar-refractivity contribution in [1.82, 2.24) is 4.98 Å². The van der Waals surface area contributed by atoms with E-state index in [1.165, 1.54) is 0 Å².